The van der Waals surface area contributed by atoms with Crippen LogP contribution in [-0.4, -0.2) is 58.3 Å². The molecule has 0 N–H and O–H groups in total. The van der Waals surface area contributed by atoms with Gasteiger partial charge in [-0.2, -0.15) is 0 Å². The van der Waals surface area contributed by atoms with E-state index in [1.54, 1.807) is 6.92 Å². The van der Waals surface area contributed by atoms with Crippen LogP contribution in [0.25, 0.3) is 0 Å². The Balaban J connectivity index is 1.97. The number of halogens is 3. The average Bonchev–Trinajstić information content (AvgIpc) is 3.03. The first-order valence-electron chi connectivity index (χ1n) is 11.8. The Morgan fingerprint density at radius 3 is 2.49 bits per heavy atom. The first-order chi connectivity index (χ1) is 16.9. The number of sulfone groups is 1. The van der Waals surface area contributed by atoms with Gasteiger partial charge in [0.05, 0.1) is 18.1 Å². The Bertz CT molecular complexity index is 1260. The van der Waals surface area contributed by atoms with Gasteiger partial charge >= 0.3 is 5.97 Å². The van der Waals surface area contributed by atoms with Crippen molar-refractivity contribution < 1.29 is 36.0 Å². The minimum atomic E-state index is -4.43. The maximum atomic E-state index is 14.3. The van der Waals surface area contributed by atoms with Gasteiger partial charge in [0.1, 0.15) is 23.1 Å². The van der Waals surface area contributed by atoms with Crippen molar-refractivity contribution in [2.75, 3.05) is 6.61 Å². The standard InChI is InChI=1S/C25H32ClF2NO6SSi/c1-14(26)12-34-24(31)22-16(13-36(32,33)20-9-8-17(27)11-18(20)28)10-19-21(23(30)29(19)22)15(2)35-37(6,7)25(3,4)5/h8-9,11,13,15,19,21-22H,1,10,12H2,2-7H3/t15-,19+,21+,22?/m1/s1. The van der Waals surface area contributed by atoms with Crippen LogP contribution < -0.4 is 0 Å². The van der Waals surface area contributed by atoms with E-state index >= 15 is 0 Å². The summed E-state index contributed by atoms with van der Waals surface area (Å²) in [5.74, 6) is -4.03. The molecule has 3 rings (SSSR count). The molecule has 2 aliphatic rings. The number of amides is 1. The van der Waals surface area contributed by atoms with Gasteiger partial charge in [-0.1, -0.05) is 39.0 Å². The molecule has 4 atom stereocenters. The monoisotopic (exact) mass is 575 g/mol. The van der Waals surface area contributed by atoms with Gasteiger partial charge in [-0.15, -0.1) is 0 Å². The second-order valence-electron chi connectivity index (χ2n) is 11.0. The predicted octanol–water partition coefficient (Wildman–Crippen LogP) is 4.93. The molecule has 1 amide bonds. The van der Waals surface area contributed by atoms with E-state index < -0.39 is 64.8 Å². The lowest BCUT2D eigenvalue weighted by Gasteiger charge is -2.49. The zero-order valence-corrected chi connectivity index (χ0v) is 24.3. The lowest BCUT2D eigenvalue weighted by molar-refractivity contribution is -0.170. The van der Waals surface area contributed by atoms with E-state index in [2.05, 4.69) is 40.4 Å². The summed E-state index contributed by atoms with van der Waals surface area (Å²) in [4.78, 5) is 26.8. The van der Waals surface area contributed by atoms with Crippen LogP contribution in [0.15, 0.2) is 45.7 Å². The molecule has 0 saturated carbocycles. The van der Waals surface area contributed by atoms with E-state index in [4.69, 9.17) is 20.8 Å². The highest BCUT2D eigenvalue weighted by Crippen LogP contribution is 2.47. The zero-order valence-electron chi connectivity index (χ0n) is 21.7. The summed E-state index contributed by atoms with van der Waals surface area (Å²) in [5.41, 5.74) is 0.0642. The third kappa shape index (κ3) is 5.84. The van der Waals surface area contributed by atoms with Crippen molar-refractivity contribution in [3.63, 3.8) is 0 Å². The van der Waals surface area contributed by atoms with Gasteiger partial charge in [-0.05, 0) is 49.2 Å². The summed E-state index contributed by atoms with van der Waals surface area (Å²) >= 11 is 5.70. The molecule has 2 saturated heterocycles. The number of esters is 1. The number of hydrogen-bond acceptors (Lipinski definition) is 6. The number of hydrogen-bond donors (Lipinski definition) is 0. The lowest BCUT2D eigenvalue weighted by Crippen LogP contribution is -2.66. The van der Waals surface area contributed by atoms with Crippen molar-refractivity contribution in [2.24, 2.45) is 5.92 Å². The van der Waals surface area contributed by atoms with Gasteiger partial charge in [0.2, 0.25) is 15.7 Å². The molecule has 12 heteroatoms. The fourth-order valence-corrected chi connectivity index (χ4v) is 7.29. The molecule has 37 heavy (non-hydrogen) atoms. The zero-order chi connectivity index (χ0) is 28.1. The molecule has 0 aromatic heterocycles. The van der Waals surface area contributed by atoms with E-state index in [-0.39, 0.29) is 34.6 Å². The van der Waals surface area contributed by atoms with Crippen LogP contribution in [0.1, 0.15) is 34.1 Å². The van der Waals surface area contributed by atoms with Gasteiger partial charge < -0.3 is 14.1 Å². The van der Waals surface area contributed by atoms with Crippen LogP contribution >= 0.6 is 11.6 Å². The van der Waals surface area contributed by atoms with Crippen LogP contribution in [0, 0.1) is 17.6 Å². The highest BCUT2D eigenvalue weighted by molar-refractivity contribution is 7.94. The molecular formula is C25H32ClF2NO6SSi. The molecular weight excluding hydrogens is 544 g/mol. The van der Waals surface area contributed by atoms with Crippen LogP contribution in [-0.2, 0) is 28.6 Å². The highest BCUT2D eigenvalue weighted by Gasteiger charge is 2.61. The van der Waals surface area contributed by atoms with E-state index in [0.29, 0.717) is 6.07 Å². The fourth-order valence-electron chi connectivity index (χ4n) is 4.47. The molecule has 1 aromatic carbocycles. The molecule has 2 heterocycles. The van der Waals surface area contributed by atoms with E-state index in [1.807, 2.05) is 0 Å². The number of rotatable bonds is 8. The number of nitrogens with zero attached hydrogens (tertiary/aromatic N) is 1. The molecule has 0 spiro atoms. The minimum Gasteiger partial charge on any atom is -0.458 e. The number of β-lactam (4-membered cyclic amide) rings is 1. The van der Waals surface area contributed by atoms with Crippen molar-refractivity contribution in [3.8, 4) is 0 Å². The Hall–Kier alpha value is -2.08. The summed E-state index contributed by atoms with van der Waals surface area (Å²) in [7, 11) is -6.66. The van der Waals surface area contributed by atoms with Crippen molar-refractivity contribution in [1.29, 1.82) is 0 Å². The maximum Gasteiger partial charge on any atom is 0.333 e. The van der Waals surface area contributed by atoms with Crippen molar-refractivity contribution in [1.82, 2.24) is 4.90 Å². The number of carbonyl (C=O) groups is 2. The maximum absolute atomic E-state index is 14.3. The minimum absolute atomic E-state index is 0.0404. The lowest BCUT2D eigenvalue weighted by atomic mass is 9.84. The topological polar surface area (TPSA) is 90.0 Å². The number of carbonyl (C=O) groups excluding carboxylic acids is 2. The summed E-state index contributed by atoms with van der Waals surface area (Å²) in [5, 5.41) is 0.712. The molecule has 1 unspecified atom stereocenters. The first kappa shape index (κ1) is 29.5. The fraction of sp³-hybridized carbons (Fsp3) is 0.520. The summed E-state index contributed by atoms with van der Waals surface area (Å²) in [6.45, 7) is 15.3. The number of benzene rings is 1. The van der Waals surface area contributed by atoms with E-state index in [1.165, 1.54) is 4.90 Å². The highest BCUT2D eigenvalue weighted by atomic mass is 35.5. The first-order valence-corrected chi connectivity index (χ1v) is 16.6. The summed E-state index contributed by atoms with van der Waals surface area (Å²) < 4.78 is 65.3. The molecule has 2 fully saturated rings. The van der Waals surface area contributed by atoms with Crippen molar-refractivity contribution >= 4 is 41.6 Å². The van der Waals surface area contributed by atoms with Crippen LogP contribution in [0.5, 0.6) is 0 Å². The summed E-state index contributed by atoms with van der Waals surface area (Å²) in [6, 6.07) is 0.263. The van der Waals surface area contributed by atoms with Crippen molar-refractivity contribution in [2.45, 2.75) is 75.3 Å². The molecule has 2 aliphatic heterocycles. The van der Waals surface area contributed by atoms with Gasteiger partial charge in [0.15, 0.2) is 14.4 Å². The Morgan fingerprint density at radius 1 is 1.32 bits per heavy atom. The van der Waals surface area contributed by atoms with Gasteiger partial charge in [-0.25, -0.2) is 22.0 Å². The molecule has 0 aliphatic carbocycles. The average molecular weight is 576 g/mol. The van der Waals surface area contributed by atoms with Crippen LogP contribution in [0.2, 0.25) is 18.1 Å². The smallest absolute Gasteiger partial charge is 0.333 e. The van der Waals surface area contributed by atoms with Gasteiger partial charge in [0, 0.05) is 16.5 Å². The third-order valence-electron chi connectivity index (χ3n) is 7.28. The predicted molar refractivity (Wildman–Crippen MR) is 138 cm³/mol. The Labute approximate surface area is 222 Å². The van der Waals surface area contributed by atoms with Crippen molar-refractivity contribution in [3.05, 3.63) is 52.4 Å². The van der Waals surface area contributed by atoms with Crippen LogP contribution in [0.3, 0.4) is 0 Å². The number of fused-ring (bicyclic) bond motifs is 1. The molecule has 0 radical (unpaired) electrons. The Kier molecular flexibility index (Phi) is 8.15. The quantitative estimate of drug-likeness (QED) is 0.189. The van der Waals surface area contributed by atoms with Gasteiger partial charge in [0.25, 0.3) is 0 Å². The molecule has 1 aromatic rings. The Morgan fingerprint density at radius 2 is 1.95 bits per heavy atom. The van der Waals surface area contributed by atoms with Crippen LogP contribution in [0.4, 0.5) is 8.78 Å². The molecule has 0 bridgehead atoms. The SMILES string of the molecule is C=C(Cl)COC(=O)C1C(=CS(=O)(=O)c2ccc(F)cc2F)C[C@H]2[C@H]([C@@H](C)O[Si](C)(C)C(C)(C)C)C(=O)N12. The van der Waals surface area contributed by atoms with E-state index in [9.17, 15) is 26.8 Å². The molecule has 7 nitrogen and oxygen atoms in total. The summed E-state index contributed by atoms with van der Waals surface area (Å²) in [6.07, 6.45) is -0.426. The normalized spacial score (nSPS) is 24.0. The number of ether oxygens (including phenoxy) is 1. The largest absolute Gasteiger partial charge is 0.458 e. The molecule has 204 valence electrons. The van der Waals surface area contributed by atoms with Gasteiger partial charge in [-0.3, -0.25) is 4.79 Å². The second kappa shape index (κ2) is 10.2. The third-order valence-corrected chi connectivity index (χ3v) is 13.5. The van der Waals surface area contributed by atoms with E-state index in [0.717, 1.165) is 17.5 Å². The second-order valence-corrected chi connectivity index (χ2v) is 18.0.